The summed E-state index contributed by atoms with van der Waals surface area (Å²) in [7, 11) is 0. The molecule has 0 aliphatic heterocycles. The molecule has 0 bridgehead atoms. The van der Waals surface area contributed by atoms with Gasteiger partial charge in [-0.1, -0.05) is 152 Å². The highest BCUT2D eigenvalue weighted by Gasteiger charge is 2.22. The van der Waals surface area contributed by atoms with E-state index in [-0.39, 0.29) is 0 Å². The molecule has 0 aliphatic carbocycles. The number of rotatable bonds is 5. The Kier molecular flexibility index (Phi) is 7.74. The minimum absolute atomic E-state index is 0.626. The number of thiophene rings is 1. The maximum atomic E-state index is 6.75. The van der Waals surface area contributed by atoms with Crippen LogP contribution in [0.25, 0.3) is 131 Å². The molecule has 0 radical (unpaired) electrons. The Hall–Kier alpha value is -7.99. The van der Waals surface area contributed by atoms with E-state index in [4.69, 9.17) is 19.4 Å². The van der Waals surface area contributed by atoms with Crippen LogP contribution in [0.2, 0.25) is 0 Å². The van der Waals surface area contributed by atoms with E-state index in [9.17, 15) is 0 Å². The third-order valence-electron chi connectivity index (χ3n) is 12.3. The first-order valence-electron chi connectivity index (χ1n) is 20.8. The van der Waals surface area contributed by atoms with Crippen molar-refractivity contribution in [2.24, 2.45) is 0 Å². The molecule has 288 valence electrons. The van der Waals surface area contributed by atoms with Crippen LogP contribution in [-0.4, -0.2) is 15.0 Å². The number of furan rings is 1. The number of hydrogen-bond donors (Lipinski definition) is 0. The van der Waals surface area contributed by atoms with E-state index >= 15 is 0 Å². The van der Waals surface area contributed by atoms with E-state index in [1.54, 1.807) is 11.3 Å². The Morgan fingerprint density at radius 3 is 1.76 bits per heavy atom. The molecule has 3 aromatic heterocycles. The lowest BCUT2D eigenvalue weighted by atomic mass is 9.90. The van der Waals surface area contributed by atoms with Gasteiger partial charge >= 0.3 is 0 Å². The molecule has 0 saturated heterocycles. The van der Waals surface area contributed by atoms with Crippen molar-refractivity contribution in [3.63, 3.8) is 0 Å². The summed E-state index contributed by atoms with van der Waals surface area (Å²) in [6.07, 6.45) is 0. The van der Waals surface area contributed by atoms with Crippen molar-refractivity contribution in [1.29, 1.82) is 0 Å². The Bertz CT molecular complexity index is 3940. The van der Waals surface area contributed by atoms with Gasteiger partial charge in [0.25, 0.3) is 0 Å². The maximum absolute atomic E-state index is 6.75. The molecule has 10 aromatic carbocycles. The quantitative estimate of drug-likeness (QED) is 0.174. The summed E-state index contributed by atoms with van der Waals surface area (Å²) in [6.45, 7) is 0. The van der Waals surface area contributed by atoms with Gasteiger partial charge < -0.3 is 4.42 Å². The summed E-state index contributed by atoms with van der Waals surface area (Å²) in [5.74, 6) is 1.91. The smallest absolute Gasteiger partial charge is 0.164 e. The second-order valence-electron chi connectivity index (χ2n) is 15.9. The van der Waals surface area contributed by atoms with Gasteiger partial charge in [0.15, 0.2) is 17.5 Å². The van der Waals surface area contributed by atoms with Gasteiger partial charge in [-0.05, 0) is 103 Å². The van der Waals surface area contributed by atoms with Gasteiger partial charge in [0.2, 0.25) is 0 Å². The second-order valence-corrected chi connectivity index (χ2v) is 17.0. The lowest BCUT2D eigenvalue weighted by Gasteiger charge is -2.15. The summed E-state index contributed by atoms with van der Waals surface area (Å²) in [5.41, 5.74) is 9.06. The number of benzene rings is 10. The SMILES string of the molecule is c1ccc(-c2cc(-c3ccc(-c4nc(-c5ccc6ccccc6c5)nc(-c5cccc6sc7ccccc7c56)n4)c4ccccc34)c3c(c2)oc2cc4ccccc4cc23)cc1. The normalized spacial score (nSPS) is 11.9. The third kappa shape index (κ3) is 5.56. The summed E-state index contributed by atoms with van der Waals surface area (Å²) in [5, 5.41) is 11.4. The first-order chi connectivity index (χ1) is 30.7. The largest absolute Gasteiger partial charge is 0.456 e. The molecule has 0 N–H and O–H groups in total. The highest BCUT2D eigenvalue weighted by atomic mass is 32.1. The highest BCUT2D eigenvalue weighted by Crippen LogP contribution is 2.45. The van der Waals surface area contributed by atoms with Crippen molar-refractivity contribution in [3.05, 3.63) is 200 Å². The minimum atomic E-state index is 0.626. The molecule has 13 rings (SSSR count). The van der Waals surface area contributed by atoms with Gasteiger partial charge in [0.05, 0.1) is 0 Å². The molecule has 0 fully saturated rings. The van der Waals surface area contributed by atoms with Gasteiger partial charge in [-0.25, -0.2) is 15.0 Å². The highest BCUT2D eigenvalue weighted by molar-refractivity contribution is 7.25. The zero-order valence-electron chi connectivity index (χ0n) is 33.2. The lowest BCUT2D eigenvalue weighted by molar-refractivity contribution is 0.669. The van der Waals surface area contributed by atoms with E-state index in [2.05, 4.69) is 200 Å². The average molecular weight is 808 g/mol. The molecular weight excluding hydrogens is 775 g/mol. The Morgan fingerprint density at radius 2 is 0.935 bits per heavy atom. The van der Waals surface area contributed by atoms with Gasteiger partial charge in [0.1, 0.15) is 11.2 Å². The molecule has 62 heavy (non-hydrogen) atoms. The Labute approximate surface area is 360 Å². The van der Waals surface area contributed by atoms with Crippen molar-refractivity contribution in [2.45, 2.75) is 0 Å². The fraction of sp³-hybridized carbons (Fsp3) is 0. The summed E-state index contributed by atoms with van der Waals surface area (Å²) in [6, 6.07) is 71.0. The summed E-state index contributed by atoms with van der Waals surface area (Å²) < 4.78 is 9.20. The van der Waals surface area contributed by atoms with Crippen molar-refractivity contribution < 1.29 is 4.42 Å². The summed E-state index contributed by atoms with van der Waals surface area (Å²) in [4.78, 5) is 16.0. The van der Waals surface area contributed by atoms with Crippen molar-refractivity contribution in [2.75, 3.05) is 0 Å². The minimum Gasteiger partial charge on any atom is -0.456 e. The maximum Gasteiger partial charge on any atom is 0.164 e. The van der Waals surface area contributed by atoms with Gasteiger partial charge in [-0.15, -0.1) is 11.3 Å². The first-order valence-corrected chi connectivity index (χ1v) is 21.6. The second kappa shape index (κ2) is 13.8. The molecule has 5 heteroatoms. The Balaban J connectivity index is 1.07. The molecule has 3 heterocycles. The van der Waals surface area contributed by atoms with E-state index in [0.29, 0.717) is 17.5 Å². The van der Waals surface area contributed by atoms with Gasteiger partial charge in [0, 0.05) is 47.6 Å². The average Bonchev–Trinajstić information content (AvgIpc) is 3.90. The van der Waals surface area contributed by atoms with E-state index in [1.807, 2.05) is 0 Å². The van der Waals surface area contributed by atoms with Crippen LogP contribution in [0.1, 0.15) is 0 Å². The van der Waals surface area contributed by atoms with Crippen LogP contribution in [0.15, 0.2) is 205 Å². The van der Waals surface area contributed by atoms with Crippen LogP contribution in [-0.2, 0) is 0 Å². The summed E-state index contributed by atoms with van der Waals surface area (Å²) >= 11 is 1.80. The van der Waals surface area contributed by atoms with Crippen LogP contribution in [0, 0.1) is 0 Å². The van der Waals surface area contributed by atoms with E-state index in [0.717, 1.165) is 87.8 Å². The number of hydrogen-bond acceptors (Lipinski definition) is 5. The van der Waals surface area contributed by atoms with Crippen LogP contribution in [0.4, 0.5) is 0 Å². The fourth-order valence-corrected chi connectivity index (χ4v) is 10.5. The number of nitrogens with zero attached hydrogens (tertiary/aromatic N) is 3. The van der Waals surface area contributed by atoms with Crippen LogP contribution in [0.5, 0.6) is 0 Å². The predicted molar refractivity (Wildman–Crippen MR) is 260 cm³/mol. The van der Waals surface area contributed by atoms with Crippen molar-refractivity contribution in [1.82, 2.24) is 15.0 Å². The molecular formula is C57H33N3OS. The van der Waals surface area contributed by atoms with Crippen LogP contribution in [0.3, 0.4) is 0 Å². The molecule has 0 spiro atoms. The zero-order valence-corrected chi connectivity index (χ0v) is 34.0. The first kappa shape index (κ1) is 34.8. The molecule has 0 aliphatic rings. The van der Waals surface area contributed by atoms with Crippen molar-refractivity contribution >= 4 is 85.8 Å². The molecule has 0 saturated carbocycles. The van der Waals surface area contributed by atoms with Gasteiger partial charge in [-0.3, -0.25) is 0 Å². The van der Waals surface area contributed by atoms with Crippen molar-refractivity contribution in [3.8, 4) is 56.4 Å². The Morgan fingerprint density at radius 1 is 0.306 bits per heavy atom. The zero-order chi connectivity index (χ0) is 40.7. The monoisotopic (exact) mass is 807 g/mol. The number of fused-ring (bicyclic) bond motifs is 9. The third-order valence-corrected chi connectivity index (χ3v) is 13.4. The predicted octanol–water partition coefficient (Wildman–Crippen LogP) is 15.9. The molecule has 13 aromatic rings. The number of aromatic nitrogens is 3. The van der Waals surface area contributed by atoms with Crippen LogP contribution >= 0.6 is 11.3 Å². The topological polar surface area (TPSA) is 51.8 Å². The molecule has 0 unspecified atom stereocenters. The lowest BCUT2D eigenvalue weighted by Crippen LogP contribution is -2.01. The van der Waals surface area contributed by atoms with Gasteiger partial charge in [-0.2, -0.15) is 0 Å². The fourth-order valence-electron chi connectivity index (χ4n) is 9.37. The molecule has 4 nitrogen and oxygen atoms in total. The van der Waals surface area contributed by atoms with Crippen LogP contribution < -0.4 is 0 Å². The molecule has 0 amide bonds. The molecule has 0 atom stereocenters. The van der Waals surface area contributed by atoms with E-state index in [1.165, 1.54) is 25.6 Å². The standard InChI is InChI=1S/C57H33N3OS/c1-2-13-34(14-3-1)40-31-47(53-48-30-37-17-6-7-18-38(37)32-49(48)61-50(53)33-40)43-27-28-44(42-20-9-8-19-41(42)43)56-58-55(39-26-25-35-15-4-5-16-36(35)29-39)59-57(60-56)46-22-12-24-52-54(46)45-21-10-11-23-51(45)62-52/h1-33H. The van der Waals surface area contributed by atoms with E-state index < -0.39 is 0 Å².